The maximum atomic E-state index is 11.6. The van der Waals surface area contributed by atoms with Gasteiger partial charge in [-0.15, -0.1) is 0 Å². The van der Waals surface area contributed by atoms with Crippen LogP contribution in [0.1, 0.15) is 19.3 Å². The summed E-state index contributed by atoms with van der Waals surface area (Å²) < 4.78 is 0. The number of amides is 1. The van der Waals surface area contributed by atoms with Crippen LogP contribution in [0.4, 0.5) is 0 Å². The minimum Gasteiger partial charge on any atom is -0.341 e. The van der Waals surface area contributed by atoms with E-state index in [1.807, 2.05) is 11.9 Å². The van der Waals surface area contributed by atoms with Gasteiger partial charge in [-0.05, 0) is 26.4 Å². The molecule has 0 spiro atoms. The minimum absolute atomic E-state index is 0.174. The first-order valence-corrected chi connectivity index (χ1v) is 5.29. The van der Waals surface area contributed by atoms with Crippen molar-refractivity contribution in [2.24, 2.45) is 5.73 Å². The number of hydrogen-bond acceptors (Lipinski definition) is 3. The summed E-state index contributed by atoms with van der Waals surface area (Å²) in [7, 11) is 4.00. The first kappa shape index (κ1) is 11.5. The molecule has 0 aromatic rings. The molecule has 0 radical (unpaired) electrons. The molecule has 0 bridgehead atoms. The smallest absolute Gasteiger partial charge is 0.223 e. The van der Waals surface area contributed by atoms with Gasteiger partial charge >= 0.3 is 0 Å². The van der Waals surface area contributed by atoms with E-state index in [9.17, 15) is 4.79 Å². The summed E-state index contributed by atoms with van der Waals surface area (Å²) in [5.41, 5.74) is 5.37. The first-order chi connectivity index (χ1) is 6.65. The highest BCUT2D eigenvalue weighted by atomic mass is 16.2. The largest absolute Gasteiger partial charge is 0.341 e. The predicted octanol–water partition coefficient (Wildman–Crippen LogP) is -0.112. The number of nitrogens with two attached hydrogens (primary N) is 1. The Bertz CT molecular complexity index is 196. The summed E-state index contributed by atoms with van der Waals surface area (Å²) >= 11 is 0. The monoisotopic (exact) mass is 199 g/mol. The molecule has 14 heavy (non-hydrogen) atoms. The van der Waals surface area contributed by atoms with Gasteiger partial charge in [-0.2, -0.15) is 0 Å². The van der Waals surface area contributed by atoms with Crippen molar-refractivity contribution in [3.8, 4) is 0 Å². The van der Waals surface area contributed by atoms with Gasteiger partial charge in [0.25, 0.3) is 0 Å². The van der Waals surface area contributed by atoms with Gasteiger partial charge in [0, 0.05) is 32.6 Å². The average Bonchev–Trinajstić information content (AvgIpc) is 2.17. The quantitative estimate of drug-likeness (QED) is 0.690. The zero-order valence-electron chi connectivity index (χ0n) is 9.20. The van der Waals surface area contributed by atoms with Gasteiger partial charge in [0.05, 0.1) is 0 Å². The summed E-state index contributed by atoms with van der Waals surface area (Å²) in [4.78, 5) is 15.7. The molecule has 1 amide bonds. The third-order valence-electron chi connectivity index (χ3n) is 2.90. The Morgan fingerprint density at radius 3 is 2.93 bits per heavy atom. The number of carbonyl (C=O) groups is 1. The lowest BCUT2D eigenvalue weighted by atomic mass is 10.0. The number of nitrogens with zero attached hydrogens (tertiary/aromatic N) is 2. The Morgan fingerprint density at radius 1 is 1.64 bits per heavy atom. The van der Waals surface area contributed by atoms with Gasteiger partial charge in [0.1, 0.15) is 0 Å². The fourth-order valence-corrected chi connectivity index (χ4v) is 1.96. The Kier molecular flexibility index (Phi) is 4.35. The highest BCUT2D eigenvalue weighted by Gasteiger charge is 2.23. The van der Waals surface area contributed by atoms with Gasteiger partial charge < -0.3 is 15.5 Å². The molecule has 1 rings (SSSR count). The van der Waals surface area contributed by atoms with Crippen LogP contribution in [-0.4, -0.2) is 55.5 Å². The third-order valence-corrected chi connectivity index (χ3v) is 2.90. The molecule has 2 N–H and O–H groups in total. The van der Waals surface area contributed by atoms with E-state index in [2.05, 4.69) is 11.9 Å². The molecule has 0 saturated carbocycles. The number of piperidine rings is 1. The highest BCUT2D eigenvalue weighted by molar-refractivity contribution is 5.76. The number of carbonyl (C=O) groups excluding carboxylic acids is 1. The number of rotatable bonds is 3. The van der Waals surface area contributed by atoms with E-state index < -0.39 is 0 Å². The summed E-state index contributed by atoms with van der Waals surface area (Å²) in [5.74, 6) is 0.174. The number of hydrogen-bond donors (Lipinski definition) is 1. The van der Waals surface area contributed by atoms with Crippen LogP contribution in [-0.2, 0) is 4.79 Å². The first-order valence-electron chi connectivity index (χ1n) is 5.29. The maximum absolute atomic E-state index is 11.6. The van der Waals surface area contributed by atoms with E-state index in [1.54, 1.807) is 0 Å². The highest BCUT2D eigenvalue weighted by Crippen LogP contribution is 2.13. The molecule has 82 valence electrons. The summed E-state index contributed by atoms with van der Waals surface area (Å²) in [6, 6.07) is 0.382. The molecule has 0 aromatic heterocycles. The van der Waals surface area contributed by atoms with E-state index in [1.165, 1.54) is 6.42 Å². The molecule has 1 atom stereocenters. The van der Waals surface area contributed by atoms with Gasteiger partial charge in [0.2, 0.25) is 5.91 Å². The molecular formula is C10H21N3O. The standard InChI is InChI=1S/C10H21N3O/c1-12-7-3-4-9(8-12)13(2)10(14)5-6-11/h9H,3-8,11H2,1-2H3. The number of likely N-dealkylation sites (tertiary alicyclic amines) is 1. The molecule has 1 saturated heterocycles. The minimum atomic E-state index is 0.174. The molecule has 1 heterocycles. The van der Waals surface area contributed by atoms with E-state index in [4.69, 9.17) is 5.73 Å². The second-order valence-corrected chi connectivity index (χ2v) is 4.10. The maximum Gasteiger partial charge on any atom is 0.223 e. The topological polar surface area (TPSA) is 49.6 Å². The molecule has 1 fully saturated rings. The molecule has 0 aliphatic carbocycles. The van der Waals surface area contributed by atoms with Crippen molar-refractivity contribution in [1.82, 2.24) is 9.80 Å². The Labute approximate surface area is 86.0 Å². The second-order valence-electron chi connectivity index (χ2n) is 4.10. The molecule has 1 unspecified atom stereocenters. The van der Waals surface area contributed by atoms with Crippen molar-refractivity contribution < 1.29 is 4.79 Å². The Morgan fingerprint density at radius 2 is 2.36 bits per heavy atom. The molecule has 4 nitrogen and oxygen atoms in total. The third kappa shape index (κ3) is 2.96. The fourth-order valence-electron chi connectivity index (χ4n) is 1.96. The predicted molar refractivity (Wildman–Crippen MR) is 57.0 cm³/mol. The SMILES string of the molecule is CN1CCCC(N(C)C(=O)CCN)C1. The van der Waals surface area contributed by atoms with Crippen molar-refractivity contribution in [1.29, 1.82) is 0 Å². The summed E-state index contributed by atoms with van der Waals surface area (Å²) in [6.07, 6.45) is 2.77. The molecular weight excluding hydrogens is 178 g/mol. The van der Waals surface area contributed by atoms with Crippen molar-refractivity contribution in [3.05, 3.63) is 0 Å². The molecule has 1 aliphatic rings. The molecule has 1 aliphatic heterocycles. The van der Waals surface area contributed by atoms with Crippen LogP contribution in [0.5, 0.6) is 0 Å². The van der Waals surface area contributed by atoms with E-state index in [0.717, 1.165) is 19.5 Å². The van der Waals surface area contributed by atoms with E-state index in [0.29, 0.717) is 19.0 Å². The zero-order chi connectivity index (χ0) is 10.6. The lowest BCUT2D eigenvalue weighted by molar-refractivity contribution is -0.132. The van der Waals surface area contributed by atoms with Crippen molar-refractivity contribution in [2.75, 3.05) is 33.7 Å². The van der Waals surface area contributed by atoms with Crippen LogP contribution in [0.3, 0.4) is 0 Å². The Hall–Kier alpha value is -0.610. The van der Waals surface area contributed by atoms with Gasteiger partial charge in [-0.1, -0.05) is 0 Å². The molecule has 4 heteroatoms. The van der Waals surface area contributed by atoms with Crippen molar-refractivity contribution in [3.63, 3.8) is 0 Å². The van der Waals surface area contributed by atoms with Crippen LogP contribution < -0.4 is 5.73 Å². The zero-order valence-corrected chi connectivity index (χ0v) is 9.20. The van der Waals surface area contributed by atoms with Gasteiger partial charge in [-0.3, -0.25) is 4.79 Å². The second kappa shape index (κ2) is 5.32. The van der Waals surface area contributed by atoms with Crippen LogP contribution in [0.25, 0.3) is 0 Å². The number of likely N-dealkylation sites (N-methyl/N-ethyl adjacent to an activating group) is 2. The lowest BCUT2D eigenvalue weighted by Crippen LogP contribution is -2.47. The lowest BCUT2D eigenvalue weighted by Gasteiger charge is -2.35. The average molecular weight is 199 g/mol. The van der Waals surface area contributed by atoms with Gasteiger partial charge in [0.15, 0.2) is 0 Å². The van der Waals surface area contributed by atoms with Gasteiger partial charge in [-0.25, -0.2) is 0 Å². The van der Waals surface area contributed by atoms with E-state index in [-0.39, 0.29) is 5.91 Å². The fraction of sp³-hybridized carbons (Fsp3) is 0.900. The van der Waals surface area contributed by atoms with Crippen LogP contribution in [0.15, 0.2) is 0 Å². The summed E-state index contributed by atoms with van der Waals surface area (Å²) in [6.45, 7) is 2.59. The molecule has 0 aromatic carbocycles. The normalized spacial score (nSPS) is 23.5. The summed E-state index contributed by atoms with van der Waals surface area (Å²) in [5, 5.41) is 0. The van der Waals surface area contributed by atoms with Crippen molar-refractivity contribution >= 4 is 5.91 Å². The Balaban J connectivity index is 2.42. The van der Waals surface area contributed by atoms with Crippen LogP contribution in [0.2, 0.25) is 0 Å². The van der Waals surface area contributed by atoms with Crippen LogP contribution in [0, 0.1) is 0 Å². The van der Waals surface area contributed by atoms with Crippen molar-refractivity contribution in [2.45, 2.75) is 25.3 Å². The van der Waals surface area contributed by atoms with Crippen LogP contribution >= 0.6 is 0 Å². The van der Waals surface area contributed by atoms with E-state index >= 15 is 0 Å².